The number of anilines is 2. The summed E-state index contributed by atoms with van der Waals surface area (Å²) in [7, 11) is 0. The van der Waals surface area contributed by atoms with Crippen LogP contribution in [0.4, 0.5) is 24.5 Å². The Balaban J connectivity index is 1.49. The number of likely N-dealkylation sites (tertiary alicyclic amines) is 1. The number of aromatic nitrogens is 3. The molecular weight excluding hydrogens is 461 g/mol. The van der Waals surface area contributed by atoms with Crippen molar-refractivity contribution in [3.05, 3.63) is 64.7 Å². The molecule has 0 radical (unpaired) electrons. The SMILES string of the molecule is N#Cc1cc(Nc2cccc3ccn(CC(=O)N4CCC[C@H]4C(F)(F)F)c(=O)c23)cc2cn[nH]c12. The van der Waals surface area contributed by atoms with Gasteiger partial charge in [0.05, 0.1) is 28.4 Å². The Kier molecular flexibility index (Phi) is 5.43. The Hall–Kier alpha value is -4.33. The predicted molar refractivity (Wildman–Crippen MR) is 123 cm³/mol. The number of nitrogens with zero attached hydrogens (tertiary/aromatic N) is 4. The van der Waals surface area contributed by atoms with Gasteiger partial charge < -0.3 is 14.8 Å². The maximum absolute atomic E-state index is 13.3. The number of fused-ring (bicyclic) bond motifs is 2. The van der Waals surface area contributed by atoms with E-state index in [4.69, 9.17) is 0 Å². The molecule has 1 aliphatic heterocycles. The molecular formula is C24H19F3N6O2. The maximum atomic E-state index is 13.3. The number of carbonyl (C=O) groups excluding carboxylic acids is 1. The largest absolute Gasteiger partial charge is 0.408 e. The van der Waals surface area contributed by atoms with E-state index in [1.807, 2.05) is 0 Å². The minimum Gasteiger partial charge on any atom is -0.355 e. The molecule has 4 aromatic rings. The summed E-state index contributed by atoms with van der Waals surface area (Å²) in [5.74, 6) is -0.749. The van der Waals surface area contributed by atoms with Crippen LogP contribution < -0.4 is 10.9 Å². The van der Waals surface area contributed by atoms with Gasteiger partial charge in [0.1, 0.15) is 18.7 Å². The maximum Gasteiger partial charge on any atom is 0.408 e. The zero-order valence-corrected chi connectivity index (χ0v) is 18.3. The monoisotopic (exact) mass is 480 g/mol. The van der Waals surface area contributed by atoms with Gasteiger partial charge in [0.25, 0.3) is 5.56 Å². The van der Waals surface area contributed by atoms with Crippen LogP contribution in [0.15, 0.2) is 53.6 Å². The summed E-state index contributed by atoms with van der Waals surface area (Å²) in [6.07, 6.45) is -1.38. The second-order valence-corrected chi connectivity index (χ2v) is 8.40. The number of aromatic amines is 1. The van der Waals surface area contributed by atoms with Crippen molar-refractivity contribution in [2.45, 2.75) is 31.6 Å². The summed E-state index contributed by atoms with van der Waals surface area (Å²) in [6.45, 7) is -0.481. The summed E-state index contributed by atoms with van der Waals surface area (Å²) < 4.78 is 41.0. The molecule has 1 atom stereocenters. The van der Waals surface area contributed by atoms with Crippen LogP contribution >= 0.6 is 0 Å². The van der Waals surface area contributed by atoms with Crippen LogP contribution in [0.1, 0.15) is 18.4 Å². The van der Waals surface area contributed by atoms with Gasteiger partial charge >= 0.3 is 6.18 Å². The summed E-state index contributed by atoms with van der Waals surface area (Å²) in [5.41, 5.74) is 1.45. The fourth-order valence-electron chi connectivity index (χ4n) is 4.57. The standard InChI is InChI=1S/C24H19F3N6O2/c25-24(26,27)19-5-2-7-33(19)20(34)13-32-8-6-14-3-1-4-18(21(14)23(32)35)30-17-9-15(11-28)22-16(10-17)12-29-31-22/h1,3-4,6,8-10,12,19,30H,2,5,7,13H2,(H,29,31)/t19-/m0/s1. The first-order valence-corrected chi connectivity index (χ1v) is 10.9. The average molecular weight is 480 g/mol. The number of hydrogen-bond acceptors (Lipinski definition) is 5. The van der Waals surface area contributed by atoms with Gasteiger partial charge in [0, 0.05) is 23.8 Å². The van der Waals surface area contributed by atoms with E-state index in [0.29, 0.717) is 33.2 Å². The van der Waals surface area contributed by atoms with Crippen molar-refractivity contribution in [2.24, 2.45) is 0 Å². The first-order chi connectivity index (χ1) is 16.8. The third-order valence-corrected chi connectivity index (χ3v) is 6.21. The highest BCUT2D eigenvalue weighted by Gasteiger charge is 2.47. The molecule has 8 nitrogen and oxygen atoms in total. The number of amides is 1. The van der Waals surface area contributed by atoms with Crippen LogP contribution in [0.3, 0.4) is 0 Å². The van der Waals surface area contributed by atoms with E-state index in [9.17, 15) is 28.0 Å². The molecule has 2 N–H and O–H groups in total. The number of H-pyrrole nitrogens is 1. The van der Waals surface area contributed by atoms with Gasteiger partial charge in [-0.1, -0.05) is 12.1 Å². The van der Waals surface area contributed by atoms with Crippen molar-refractivity contribution in [3.8, 4) is 6.07 Å². The quantitative estimate of drug-likeness (QED) is 0.458. The molecule has 0 unspecified atom stereocenters. The third-order valence-electron chi connectivity index (χ3n) is 6.21. The van der Waals surface area contributed by atoms with Crippen LogP contribution in [0, 0.1) is 11.3 Å². The lowest BCUT2D eigenvalue weighted by Crippen LogP contribution is -2.46. The number of carbonyl (C=O) groups is 1. The molecule has 178 valence electrons. The molecule has 1 fully saturated rings. The molecule has 0 spiro atoms. The molecule has 1 saturated heterocycles. The van der Waals surface area contributed by atoms with Gasteiger partial charge in [-0.3, -0.25) is 14.7 Å². The summed E-state index contributed by atoms with van der Waals surface area (Å²) in [5, 5.41) is 20.9. The Morgan fingerprint density at radius 2 is 2.09 bits per heavy atom. The number of nitrogens with one attached hydrogen (secondary N) is 2. The van der Waals surface area contributed by atoms with Gasteiger partial charge in [-0.2, -0.15) is 23.5 Å². The molecule has 35 heavy (non-hydrogen) atoms. The highest BCUT2D eigenvalue weighted by molar-refractivity contribution is 5.96. The van der Waals surface area contributed by atoms with Gasteiger partial charge in [-0.15, -0.1) is 0 Å². The van der Waals surface area contributed by atoms with Gasteiger partial charge in [0.2, 0.25) is 5.91 Å². The lowest BCUT2D eigenvalue weighted by Gasteiger charge is -2.26. The summed E-state index contributed by atoms with van der Waals surface area (Å²) >= 11 is 0. The average Bonchev–Trinajstić information content (AvgIpc) is 3.50. The van der Waals surface area contributed by atoms with E-state index in [1.54, 1.807) is 42.6 Å². The molecule has 3 heterocycles. The van der Waals surface area contributed by atoms with Crippen molar-refractivity contribution in [3.63, 3.8) is 0 Å². The number of nitriles is 1. The van der Waals surface area contributed by atoms with E-state index in [1.165, 1.54) is 6.20 Å². The predicted octanol–water partition coefficient (Wildman–Crippen LogP) is 4.05. The van der Waals surface area contributed by atoms with E-state index >= 15 is 0 Å². The van der Waals surface area contributed by atoms with Crippen LogP contribution in [0.5, 0.6) is 0 Å². The molecule has 0 bridgehead atoms. The number of pyridine rings is 1. The van der Waals surface area contributed by atoms with Crippen LogP contribution in [-0.4, -0.2) is 44.3 Å². The van der Waals surface area contributed by atoms with Crippen LogP contribution in [0.25, 0.3) is 21.7 Å². The van der Waals surface area contributed by atoms with Crippen molar-refractivity contribution in [1.29, 1.82) is 5.26 Å². The molecule has 11 heteroatoms. The second kappa shape index (κ2) is 8.47. The molecule has 5 rings (SSSR count). The lowest BCUT2D eigenvalue weighted by molar-refractivity contribution is -0.183. The van der Waals surface area contributed by atoms with Crippen molar-refractivity contribution in [1.82, 2.24) is 19.7 Å². The topological polar surface area (TPSA) is 107 Å². The normalized spacial score (nSPS) is 16.1. The minimum atomic E-state index is -4.50. The molecule has 0 aliphatic carbocycles. The highest BCUT2D eigenvalue weighted by Crippen LogP contribution is 2.33. The van der Waals surface area contributed by atoms with E-state index in [0.717, 1.165) is 9.47 Å². The Morgan fingerprint density at radius 1 is 1.26 bits per heavy atom. The van der Waals surface area contributed by atoms with E-state index in [-0.39, 0.29) is 24.8 Å². The van der Waals surface area contributed by atoms with Crippen LogP contribution in [-0.2, 0) is 11.3 Å². The molecule has 2 aromatic heterocycles. The van der Waals surface area contributed by atoms with Crippen molar-refractivity contribution >= 4 is 39.0 Å². The molecule has 0 saturated carbocycles. The molecule has 2 aromatic carbocycles. The smallest absolute Gasteiger partial charge is 0.355 e. The third kappa shape index (κ3) is 4.07. The fourth-order valence-corrected chi connectivity index (χ4v) is 4.57. The zero-order valence-electron chi connectivity index (χ0n) is 18.3. The van der Waals surface area contributed by atoms with Crippen LogP contribution in [0.2, 0.25) is 0 Å². The van der Waals surface area contributed by atoms with E-state index < -0.39 is 30.2 Å². The van der Waals surface area contributed by atoms with Gasteiger partial charge in [0.15, 0.2) is 0 Å². The first kappa shape index (κ1) is 22.5. The number of benzene rings is 2. The molecule has 1 amide bonds. The second-order valence-electron chi connectivity index (χ2n) is 8.40. The summed E-state index contributed by atoms with van der Waals surface area (Å²) in [6, 6.07) is 10.5. The highest BCUT2D eigenvalue weighted by atomic mass is 19.4. The Labute approximate surface area is 196 Å². The summed E-state index contributed by atoms with van der Waals surface area (Å²) in [4.78, 5) is 26.9. The first-order valence-electron chi connectivity index (χ1n) is 10.9. The number of hydrogen-bond donors (Lipinski definition) is 2. The number of rotatable bonds is 4. The molecule has 1 aliphatic rings. The Bertz CT molecular complexity index is 1550. The van der Waals surface area contributed by atoms with Crippen molar-refractivity contribution < 1.29 is 18.0 Å². The minimum absolute atomic E-state index is 0.00978. The number of alkyl halides is 3. The zero-order chi connectivity index (χ0) is 24.7. The van der Waals surface area contributed by atoms with Gasteiger partial charge in [-0.25, -0.2) is 0 Å². The van der Waals surface area contributed by atoms with E-state index in [2.05, 4.69) is 21.6 Å². The van der Waals surface area contributed by atoms with Gasteiger partial charge in [-0.05, 0) is 42.5 Å². The lowest BCUT2D eigenvalue weighted by atomic mass is 10.1. The van der Waals surface area contributed by atoms with Crippen molar-refractivity contribution in [2.75, 3.05) is 11.9 Å². The number of halogens is 3. The Morgan fingerprint density at radius 3 is 2.86 bits per heavy atom. The fraction of sp³-hybridized carbons (Fsp3) is 0.250.